The lowest BCUT2D eigenvalue weighted by atomic mass is 9.93. The van der Waals surface area contributed by atoms with Crippen molar-refractivity contribution in [3.05, 3.63) is 71.0 Å². The van der Waals surface area contributed by atoms with Crippen molar-refractivity contribution in [1.29, 1.82) is 0 Å². The quantitative estimate of drug-likeness (QED) is 0.667. The van der Waals surface area contributed by atoms with Crippen LogP contribution in [-0.2, 0) is 24.3 Å². The molecule has 3 aromatic rings. The maximum Gasteiger partial charge on any atom is 0.257 e. The summed E-state index contributed by atoms with van der Waals surface area (Å²) in [5, 5.41) is 4.21. The number of amides is 1. The van der Waals surface area contributed by atoms with Crippen LogP contribution in [0.4, 0.5) is 0 Å². The van der Waals surface area contributed by atoms with Crippen molar-refractivity contribution in [1.82, 2.24) is 19.9 Å². The molecule has 2 aliphatic rings. The third-order valence-corrected chi connectivity index (χ3v) is 6.13. The number of hydrogen-bond donors (Lipinski definition) is 0. The average molecular weight is 402 g/mol. The predicted molar refractivity (Wildman–Crippen MR) is 113 cm³/mol. The third kappa shape index (κ3) is 3.75. The summed E-state index contributed by atoms with van der Waals surface area (Å²) >= 11 is 0. The third-order valence-electron chi connectivity index (χ3n) is 6.13. The van der Waals surface area contributed by atoms with Gasteiger partial charge in [-0.2, -0.15) is 4.98 Å². The van der Waals surface area contributed by atoms with Crippen molar-refractivity contribution in [3.63, 3.8) is 0 Å². The van der Waals surface area contributed by atoms with E-state index in [0.29, 0.717) is 18.3 Å². The Balaban J connectivity index is 1.40. The van der Waals surface area contributed by atoms with Crippen LogP contribution in [0.3, 0.4) is 0 Å². The number of fused-ring (bicyclic) bond motifs is 1. The fourth-order valence-corrected chi connectivity index (χ4v) is 4.53. The van der Waals surface area contributed by atoms with Crippen LogP contribution in [0, 0.1) is 6.92 Å². The van der Waals surface area contributed by atoms with E-state index in [-0.39, 0.29) is 11.9 Å². The van der Waals surface area contributed by atoms with Gasteiger partial charge in [-0.3, -0.25) is 9.69 Å². The van der Waals surface area contributed by atoms with Gasteiger partial charge in [0.15, 0.2) is 5.82 Å². The van der Waals surface area contributed by atoms with Gasteiger partial charge < -0.3 is 9.42 Å². The Morgan fingerprint density at radius 3 is 2.70 bits per heavy atom. The lowest BCUT2D eigenvalue weighted by molar-refractivity contribution is -0.136. The molecule has 2 aliphatic heterocycles. The molecule has 1 unspecified atom stereocenters. The molecule has 0 bridgehead atoms. The molecule has 5 rings (SSSR count). The van der Waals surface area contributed by atoms with E-state index in [9.17, 15) is 4.79 Å². The molecule has 154 valence electrons. The summed E-state index contributed by atoms with van der Waals surface area (Å²) in [5.74, 6) is 1.36. The van der Waals surface area contributed by atoms with Gasteiger partial charge in [0.2, 0.25) is 5.91 Å². The fourth-order valence-electron chi connectivity index (χ4n) is 4.53. The minimum Gasteiger partial charge on any atom is -0.341 e. The van der Waals surface area contributed by atoms with E-state index in [0.717, 1.165) is 50.0 Å². The van der Waals surface area contributed by atoms with Crippen LogP contribution < -0.4 is 0 Å². The molecule has 3 heterocycles. The fraction of sp³-hybridized carbons (Fsp3) is 0.375. The van der Waals surface area contributed by atoms with Crippen LogP contribution in [0.5, 0.6) is 0 Å². The zero-order valence-corrected chi connectivity index (χ0v) is 17.3. The van der Waals surface area contributed by atoms with Gasteiger partial charge in [-0.25, -0.2) is 0 Å². The van der Waals surface area contributed by atoms with Crippen molar-refractivity contribution >= 4 is 5.91 Å². The SMILES string of the molecule is Cc1cccc(-c2nc(CN3Cc4ccccc4CC3C(=O)N3CCCC3)no2)c1. The van der Waals surface area contributed by atoms with Gasteiger partial charge in [0.05, 0.1) is 12.6 Å². The molecule has 0 aliphatic carbocycles. The topological polar surface area (TPSA) is 62.5 Å². The molecular formula is C24H26N4O2. The molecule has 0 radical (unpaired) electrons. The van der Waals surface area contributed by atoms with Gasteiger partial charge in [-0.05, 0) is 49.4 Å². The van der Waals surface area contributed by atoms with Crippen LogP contribution in [0.2, 0.25) is 0 Å². The molecule has 1 amide bonds. The maximum absolute atomic E-state index is 13.3. The van der Waals surface area contributed by atoms with Crippen LogP contribution in [0.25, 0.3) is 11.5 Å². The lowest BCUT2D eigenvalue weighted by Crippen LogP contribution is -2.50. The van der Waals surface area contributed by atoms with Crippen LogP contribution in [-0.4, -0.2) is 45.0 Å². The van der Waals surface area contributed by atoms with E-state index in [1.165, 1.54) is 11.1 Å². The summed E-state index contributed by atoms with van der Waals surface area (Å²) in [7, 11) is 0. The average Bonchev–Trinajstić information content (AvgIpc) is 3.45. The second-order valence-electron chi connectivity index (χ2n) is 8.31. The van der Waals surface area contributed by atoms with E-state index in [2.05, 4.69) is 39.3 Å². The standard InChI is InChI=1S/C24H26N4O2/c1-17-7-6-10-19(13-17)23-25-22(26-30-23)16-28-15-20-9-3-2-8-18(20)14-21(28)24(29)27-11-4-5-12-27/h2-3,6-10,13,21H,4-5,11-12,14-16H2,1H3. The first kappa shape index (κ1) is 19.0. The highest BCUT2D eigenvalue weighted by Crippen LogP contribution is 2.27. The van der Waals surface area contributed by atoms with Gasteiger partial charge in [-0.15, -0.1) is 0 Å². The zero-order valence-electron chi connectivity index (χ0n) is 17.3. The highest BCUT2D eigenvalue weighted by atomic mass is 16.5. The Hall–Kier alpha value is -2.99. The highest BCUT2D eigenvalue weighted by molar-refractivity contribution is 5.83. The molecule has 1 aromatic heterocycles. The molecule has 2 aromatic carbocycles. The Kier molecular flexibility index (Phi) is 5.09. The Morgan fingerprint density at radius 1 is 1.10 bits per heavy atom. The monoisotopic (exact) mass is 402 g/mol. The summed E-state index contributed by atoms with van der Waals surface area (Å²) in [6.07, 6.45) is 2.92. The molecule has 1 atom stereocenters. The van der Waals surface area contributed by atoms with Crippen LogP contribution in [0.1, 0.15) is 35.4 Å². The Bertz CT molecular complexity index is 1050. The minimum atomic E-state index is -0.182. The number of nitrogens with zero attached hydrogens (tertiary/aromatic N) is 4. The van der Waals surface area contributed by atoms with Crippen molar-refractivity contribution in [2.24, 2.45) is 0 Å². The number of likely N-dealkylation sites (tertiary alicyclic amines) is 1. The summed E-state index contributed by atoms with van der Waals surface area (Å²) in [6, 6.07) is 16.3. The van der Waals surface area contributed by atoms with E-state index >= 15 is 0 Å². The molecule has 1 fully saturated rings. The lowest BCUT2D eigenvalue weighted by Gasteiger charge is -2.37. The van der Waals surface area contributed by atoms with Gasteiger partial charge in [0, 0.05) is 25.2 Å². The first-order chi connectivity index (χ1) is 14.7. The van der Waals surface area contributed by atoms with E-state index in [4.69, 9.17) is 4.52 Å². The molecule has 6 nitrogen and oxygen atoms in total. The van der Waals surface area contributed by atoms with Crippen molar-refractivity contribution in [2.75, 3.05) is 13.1 Å². The van der Waals surface area contributed by atoms with Crippen LogP contribution in [0.15, 0.2) is 53.1 Å². The number of aromatic nitrogens is 2. The summed E-state index contributed by atoms with van der Waals surface area (Å²) in [5.41, 5.74) is 4.60. The Labute approximate surface area is 176 Å². The number of rotatable bonds is 4. The summed E-state index contributed by atoms with van der Waals surface area (Å²) in [6.45, 7) is 4.98. The molecule has 0 saturated carbocycles. The minimum absolute atomic E-state index is 0.182. The molecular weight excluding hydrogens is 376 g/mol. The highest BCUT2D eigenvalue weighted by Gasteiger charge is 2.35. The normalized spacial score (nSPS) is 19.1. The van der Waals surface area contributed by atoms with Gasteiger partial charge in [0.25, 0.3) is 5.89 Å². The summed E-state index contributed by atoms with van der Waals surface area (Å²) < 4.78 is 5.53. The molecule has 1 saturated heterocycles. The molecule has 30 heavy (non-hydrogen) atoms. The van der Waals surface area contributed by atoms with E-state index in [1.807, 2.05) is 36.1 Å². The Morgan fingerprint density at radius 2 is 1.90 bits per heavy atom. The largest absolute Gasteiger partial charge is 0.341 e. The smallest absolute Gasteiger partial charge is 0.257 e. The number of carbonyl (C=O) groups excluding carboxylic acids is 1. The maximum atomic E-state index is 13.3. The van der Waals surface area contributed by atoms with Gasteiger partial charge in [0.1, 0.15) is 0 Å². The van der Waals surface area contributed by atoms with Crippen molar-refractivity contribution < 1.29 is 9.32 Å². The number of benzene rings is 2. The van der Waals surface area contributed by atoms with Gasteiger partial charge in [-0.1, -0.05) is 47.1 Å². The second kappa shape index (κ2) is 8.03. The van der Waals surface area contributed by atoms with Crippen molar-refractivity contribution in [3.8, 4) is 11.5 Å². The zero-order chi connectivity index (χ0) is 20.5. The predicted octanol–water partition coefficient (Wildman–Crippen LogP) is 3.59. The molecule has 0 N–H and O–H groups in total. The first-order valence-corrected chi connectivity index (χ1v) is 10.7. The second-order valence-corrected chi connectivity index (χ2v) is 8.31. The van der Waals surface area contributed by atoms with Crippen LogP contribution >= 0.6 is 0 Å². The van der Waals surface area contributed by atoms with Crippen molar-refractivity contribution in [2.45, 2.75) is 45.3 Å². The molecule has 0 spiro atoms. The first-order valence-electron chi connectivity index (χ1n) is 10.7. The van der Waals surface area contributed by atoms with E-state index < -0.39 is 0 Å². The molecule has 6 heteroatoms. The number of aryl methyl sites for hydroxylation is 1. The number of hydrogen-bond acceptors (Lipinski definition) is 5. The summed E-state index contributed by atoms with van der Waals surface area (Å²) in [4.78, 5) is 22.1. The van der Waals surface area contributed by atoms with E-state index in [1.54, 1.807) is 0 Å². The number of carbonyl (C=O) groups is 1. The van der Waals surface area contributed by atoms with Gasteiger partial charge >= 0.3 is 0 Å².